The average molecular weight is 415 g/mol. The molecule has 0 bridgehead atoms. The summed E-state index contributed by atoms with van der Waals surface area (Å²) >= 11 is 0. The summed E-state index contributed by atoms with van der Waals surface area (Å²) in [6, 6.07) is 16.4. The van der Waals surface area contributed by atoms with E-state index in [2.05, 4.69) is 55.0 Å². The molecule has 1 aliphatic rings. The van der Waals surface area contributed by atoms with Gasteiger partial charge in [-0.3, -0.25) is 4.90 Å². The molecule has 7 heteroatoms. The lowest BCUT2D eigenvalue weighted by atomic mass is 10.1. The zero-order chi connectivity index (χ0) is 21.0. The molecule has 158 valence electrons. The van der Waals surface area contributed by atoms with E-state index in [4.69, 9.17) is 4.52 Å². The van der Waals surface area contributed by atoms with Gasteiger partial charge in [0.2, 0.25) is 11.7 Å². The minimum absolute atomic E-state index is 0.667. The highest BCUT2D eigenvalue weighted by molar-refractivity contribution is 5.89. The third-order valence-corrected chi connectivity index (χ3v) is 5.84. The van der Waals surface area contributed by atoms with Crippen molar-refractivity contribution in [3.63, 3.8) is 0 Å². The van der Waals surface area contributed by atoms with Gasteiger partial charge in [-0.05, 0) is 32.0 Å². The van der Waals surface area contributed by atoms with Crippen LogP contribution in [0.1, 0.15) is 17.9 Å². The molecule has 0 amide bonds. The third kappa shape index (κ3) is 4.41. The molecule has 4 aromatic rings. The minimum atomic E-state index is 0.667. The minimum Gasteiger partial charge on any atom is -0.353 e. The van der Waals surface area contributed by atoms with Crippen LogP contribution in [-0.4, -0.2) is 57.7 Å². The van der Waals surface area contributed by atoms with Gasteiger partial charge in [-0.25, -0.2) is 9.97 Å². The normalized spacial score (nSPS) is 14.9. The molecule has 2 aromatic heterocycles. The lowest BCUT2D eigenvalue weighted by molar-refractivity contribution is 0.250. The molecule has 2 aromatic carbocycles. The monoisotopic (exact) mass is 414 g/mol. The van der Waals surface area contributed by atoms with E-state index in [1.54, 1.807) is 6.33 Å². The van der Waals surface area contributed by atoms with Gasteiger partial charge in [0, 0.05) is 43.5 Å². The Morgan fingerprint density at radius 2 is 1.74 bits per heavy atom. The van der Waals surface area contributed by atoms with E-state index in [-0.39, 0.29) is 0 Å². The van der Waals surface area contributed by atoms with Gasteiger partial charge in [-0.2, -0.15) is 4.98 Å². The van der Waals surface area contributed by atoms with Crippen molar-refractivity contribution in [2.24, 2.45) is 0 Å². The molecule has 1 aliphatic heterocycles. The van der Waals surface area contributed by atoms with Gasteiger partial charge >= 0.3 is 0 Å². The highest BCUT2D eigenvalue weighted by atomic mass is 16.5. The van der Waals surface area contributed by atoms with E-state index in [9.17, 15) is 0 Å². The van der Waals surface area contributed by atoms with Gasteiger partial charge in [-0.15, -0.1) is 0 Å². The Labute approximate surface area is 181 Å². The van der Waals surface area contributed by atoms with Crippen LogP contribution < -0.4 is 4.90 Å². The predicted octanol–water partition coefficient (Wildman–Crippen LogP) is 3.74. The van der Waals surface area contributed by atoms with Crippen molar-refractivity contribution in [3.8, 4) is 11.4 Å². The maximum Gasteiger partial charge on any atom is 0.227 e. The highest BCUT2D eigenvalue weighted by Crippen LogP contribution is 2.23. The van der Waals surface area contributed by atoms with Crippen LogP contribution in [0.3, 0.4) is 0 Å². The zero-order valence-electron chi connectivity index (χ0n) is 17.7. The van der Waals surface area contributed by atoms with Gasteiger partial charge in [0.1, 0.15) is 12.1 Å². The van der Waals surface area contributed by atoms with Crippen LogP contribution in [0.15, 0.2) is 59.4 Å². The summed E-state index contributed by atoms with van der Waals surface area (Å²) < 4.78 is 5.45. The highest BCUT2D eigenvalue weighted by Gasteiger charge is 2.20. The zero-order valence-corrected chi connectivity index (χ0v) is 17.7. The second-order valence-electron chi connectivity index (χ2n) is 8.02. The van der Waals surface area contributed by atoms with Crippen molar-refractivity contribution < 1.29 is 4.52 Å². The van der Waals surface area contributed by atoms with Crippen LogP contribution in [0.25, 0.3) is 22.3 Å². The van der Waals surface area contributed by atoms with E-state index in [0.29, 0.717) is 11.7 Å². The fraction of sp³-hybridized carbons (Fsp3) is 0.333. The molecule has 0 radical (unpaired) electrons. The summed E-state index contributed by atoms with van der Waals surface area (Å²) in [5, 5.41) is 5.26. The van der Waals surface area contributed by atoms with Crippen LogP contribution in [0.5, 0.6) is 0 Å². The van der Waals surface area contributed by atoms with Gasteiger partial charge < -0.3 is 9.42 Å². The van der Waals surface area contributed by atoms with Crippen LogP contribution in [0.4, 0.5) is 5.82 Å². The molecule has 3 heterocycles. The molecule has 0 unspecified atom stereocenters. The Morgan fingerprint density at radius 1 is 0.935 bits per heavy atom. The van der Waals surface area contributed by atoms with Crippen molar-refractivity contribution in [3.05, 3.63) is 66.3 Å². The Balaban J connectivity index is 1.12. The van der Waals surface area contributed by atoms with Crippen molar-refractivity contribution >= 4 is 16.7 Å². The summed E-state index contributed by atoms with van der Waals surface area (Å²) in [6.07, 6.45) is 3.47. The molecule has 7 nitrogen and oxygen atoms in total. The summed E-state index contributed by atoms with van der Waals surface area (Å²) in [5.41, 5.74) is 3.22. The summed E-state index contributed by atoms with van der Waals surface area (Å²) in [4.78, 5) is 18.4. The smallest absolute Gasteiger partial charge is 0.227 e. The van der Waals surface area contributed by atoms with E-state index < -0.39 is 0 Å². The molecule has 31 heavy (non-hydrogen) atoms. The lowest BCUT2D eigenvalue weighted by Crippen LogP contribution is -2.47. The summed E-state index contributed by atoms with van der Waals surface area (Å²) in [5.74, 6) is 2.42. The number of benzene rings is 2. The van der Waals surface area contributed by atoms with Crippen molar-refractivity contribution in [2.45, 2.75) is 19.8 Å². The van der Waals surface area contributed by atoms with Crippen molar-refractivity contribution in [1.82, 2.24) is 25.0 Å². The molecule has 0 saturated carbocycles. The third-order valence-electron chi connectivity index (χ3n) is 5.84. The number of anilines is 1. The first-order valence-corrected chi connectivity index (χ1v) is 10.8. The van der Waals surface area contributed by atoms with E-state index in [1.165, 1.54) is 5.56 Å². The molecular formula is C24H26N6O. The van der Waals surface area contributed by atoms with Crippen molar-refractivity contribution in [1.29, 1.82) is 0 Å². The average Bonchev–Trinajstić information content (AvgIpc) is 3.29. The number of fused-ring (bicyclic) bond motifs is 1. The number of hydrogen-bond acceptors (Lipinski definition) is 7. The number of aromatic nitrogens is 4. The number of rotatable bonds is 6. The molecule has 1 fully saturated rings. The topological polar surface area (TPSA) is 71.2 Å². The van der Waals surface area contributed by atoms with Crippen LogP contribution in [-0.2, 0) is 6.42 Å². The van der Waals surface area contributed by atoms with Crippen molar-refractivity contribution in [2.75, 3.05) is 37.6 Å². The fourth-order valence-corrected chi connectivity index (χ4v) is 4.06. The number of aryl methyl sites for hydroxylation is 2. The van der Waals surface area contributed by atoms with Gasteiger partial charge in [0.25, 0.3) is 0 Å². The van der Waals surface area contributed by atoms with Gasteiger partial charge in [0.15, 0.2) is 0 Å². The van der Waals surface area contributed by atoms with E-state index in [1.807, 2.05) is 30.3 Å². The second kappa shape index (κ2) is 8.81. The molecule has 1 saturated heterocycles. The summed E-state index contributed by atoms with van der Waals surface area (Å²) in [7, 11) is 0. The maximum atomic E-state index is 5.45. The molecule has 5 rings (SSSR count). The summed E-state index contributed by atoms with van der Waals surface area (Å²) in [6.45, 7) is 7.09. The van der Waals surface area contributed by atoms with E-state index in [0.717, 1.165) is 67.8 Å². The number of nitrogens with zero attached hydrogens (tertiary/aromatic N) is 6. The van der Waals surface area contributed by atoms with Crippen LogP contribution in [0, 0.1) is 6.92 Å². The number of piperazine rings is 1. The molecule has 0 spiro atoms. The lowest BCUT2D eigenvalue weighted by Gasteiger charge is -2.35. The van der Waals surface area contributed by atoms with Gasteiger partial charge in [-0.1, -0.05) is 47.1 Å². The maximum absolute atomic E-state index is 5.45. The van der Waals surface area contributed by atoms with E-state index >= 15 is 0 Å². The van der Waals surface area contributed by atoms with Crippen LogP contribution in [0.2, 0.25) is 0 Å². The molecular weight excluding hydrogens is 388 g/mol. The Morgan fingerprint density at radius 3 is 2.58 bits per heavy atom. The molecule has 0 N–H and O–H groups in total. The quantitative estimate of drug-likeness (QED) is 0.476. The molecule has 0 atom stereocenters. The number of para-hydroxylation sites is 1. The largest absolute Gasteiger partial charge is 0.353 e. The van der Waals surface area contributed by atoms with Gasteiger partial charge in [0.05, 0.1) is 5.52 Å². The fourth-order valence-electron chi connectivity index (χ4n) is 4.06. The first kappa shape index (κ1) is 19.6. The van der Waals surface area contributed by atoms with Crippen LogP contribution >= 0.6 is 0 Å². The predicted molar refractivity (Wildman–Crippen MR) is 121 cm³/mol. The molecule has 0 aliphatic carbocycles. The first-order chi connectivity index (χ1) is 15.3. The Bertz CT molecular complexity index is 1140. The Hall–Kier alpha value is -3.32. The number of hydrogen-bond donors (Lipinski definition) is 0. The Kier molecular flexibility index (Phi) is 5.58. The SMILES string of the molecule is Cc1ccc(-c2noc(CCCN3CCN(c4ncnc5ccccc45)CC3)n2)cc1. The standard InChI is InChI=1S/C24H26N6O/c1-18-8-10-19(11-9-18)23-27-22(31-28-23)7-4-12-29-13-15-30(16-14-29)24-20-5-2-3-6-21(20)25-17-26-24/h2-3,5-6,8-11,17H,4,7,12-16H2,1H3. The second-order valence-corrected chi connectivity index (χ2v) is 8.02. The first-order valence-electron chi connectivity index (χ1n) is 10.8.